The van der Waals surface area contributed by atoms with Crippen LogP contribution in [0.1, 0.15) is 19.3 Å². The number of likely N-dealkylation sites (N-methyl/N-ethyl adjacent to an activating group) is 1. The highest BCUT2D eigenvalue weighted by Crippen LogP contribution is 2.10. The van der Waals surface area contributed by atoms with E-state index in [1.807, 2.05) is 0 Å². The van der Waals surface area contributed by atoms with Gasteiger partial charge in [-0.3, -0.25) is 4.79 Å². The number of hydrogen-bond acceptors (Lipinski definition) is 4. The van der Waals surface area contributed by atoms with Crippen molar-refractivity contribution in [1.82, 2.24) is 5.32 Å². The summed E-state index contributed by atoms with van der Waals surface area (Å²) in [5.74, 6) is -0.326. The number of carbonyl (C=O) groups excluding carboxylic acids is 1. The van der Waals surface area contributed by atoms with Gasteiger partial charge >= 0.3 is 0 Å². The summed E-state index contributed by atoms with van der Waals surface area (Å²) < 4.78 is 10.9. The summed E-state index contributed by atoms with van der Waals surface area (Å²) in [6.45, 7) is 2.12. The molecule has 1 fully saturated rings. The van der Waals surface area contributed by atoms with Crippen molar-refractivity contribution in [3.8, 4) is 0 Å². The van der Waals surface area contributed by atoms with Gasteiger partial charge in [0, 0.05) is 19.8 Å². The molecule has 1 unspecified atom stereocenters. The number of rotatable bonds is 6. The van der Waals surface area contributed by atoms with Gasteiger partial charge < -0.3 is 20.5 Å². The van der Waals surface area contributed by atoms with Gasteiger partial charge in [0.1, 0.15) is 0 Å². The van der Waals surface area contributed by atoms with Crippen molar-refractivity contribution in [2.24, 2.45) is 5.73 Å². The number of nitrogens with one attached hydrogen (secondary N) is 1. The zero-order chi connectivity index (χ0) is 11.1. The molecule has 5 nitrogen and oxygen atoms in total. The van der Waals surface area contributed by atoms with Crippen LogP contribution < -0.4 is 11.1 Å². The third-order valence-corrected chi connectivity index (χ3v) is 2.62. The highest BCUT2D eigenvalue weighted by Gasteiger charge is 2.16. The second kappa shape index (κ2) is 6.76. The van der Waals surface area contributed by atoms with Crippen molar-refractivity contribution in [2.45, 2.75) is 31.4 Å². The molecule has 1 rings (SSSR count). The maximum absolute atomic E-state index is 10.9. The van der Waals surface area contributed by atoms with E-state index in [9.17, 15) is 4.79 Å². The molecule has 0 saturated carbocycles. The Morgan fingerprint density at radius 3 is 2.80 bits per heavy atom. The van der Waals surface area contributed by atoms with Crippen LogP contribution in [0.3, 0.4) is 0 Å². The van der Waals surface area contributed by atoms with Crippen molar-refractivity contribution in [3.05, 3.63) is 0 Å². The van der Waals surface area contributed by atoms with Gasteiger partial charge in [0.2, 0.25) is 5.91 Å². The smallest absolute Gasteiger partial charge is 0.234 e. The fourth-order valence-corrected chi connectivity index (χ4v) is 1.62. The largest absolute Gasteiger partial charge is 0.381 e. The van der Waals surface area contributed by atoms with E-state index in [-0.39, 0.29) is 18.1 Å². The molecule has 1 aliphatic heterocycles. The van der Waals surface area contributed by atoms with Crippen molar-refractivity contribution in [1.29, 1.82) is 0 Å². The predicted octanol–water partition coefficient (Wildman–Crippen LogP) is -0.355. The van der Waals surface area contributed by atoms with Crippen molar-refractivity contribution in [2.75, 3.05) is 26.9 Å². The molecule has 1 heterocycles. The van der Waals surface area contributed by atoms with Gasteiger partial charge in [0.15, 0.2) is 0 Å². The lowest BCUT2D eigenvalue weighted by Gasteiger charge is -2.23. The minimum absolute atomic E-state index is 0.282. The van der Waals surface area contributed by atoms with Gasteiger partial charge in [0.05, 0.1) is 12.1 Å². The first kappa shape index (κ1) is 12.4. The molecular formula is C10H20N2O3. The fraction of sp³-hybridized carbons (Fsp3) is 0.900. The molecular weight excluding hydrogens is 196 g/mol. The number of hydrogen-bond donors (Lipinski definition) is 2. The molecule has 1 amide bonds. The highest BCUT2D eigenvalue weighted by molar-refractivity contribution is 5.79. The molecule has 0 spiro atoms. The summed E-state index contributed by atoms with van der Waals surface area (Å²) in [4.78, 5) is 10.9. The maximum Gasteiger partial charge on any atom is 0.234 e. The quantitative estimate of drug-likeness (QED) is 0.636. The summed E-state index contributed by atoms with van der Waals surface area (Å²) in [6.07, 6.45) is 2.80. The molecule has 0 aromatic heterocycles. The summed E-state index contributed by atoms with van der Waals surface area (Å²) in [5.41, 5.74) is 5.19. The zero-order valence-corrected chi connectivity index (χ0v) is 9.20. The third kappa shape index (κ3) is 4.59. The van der Waals surface area contributed by atoms with Gasteiger partial charge in [-0.1, -0.05) is 0 Å². The van der Waals surface area contributed by atoms with Crippen LogP contribution in [0.2, 0.25) is 0 Å². The van der Waals surface area contributed by atoms with Crippen LogP contribution in [-0.4, -0.2) is 44.9 Å². The van der Waals surface area contributed by atoms with Gasteiger partial charge in [-0.25, -0.2) is 0 Å². The number of carbonyl (C=O) groups is 1. The first-order valence-corrected chi connectivity index (χ1v) is 5.40. The maximum atomic E-state index is 10.9. The normalized spacial score (nSPS) is 20.1. The van der Waals surface area contributed by atoms with Crippen LogP contribution in [0.15, 0.2) is 0 Å². The van der Waals surface area contributed by atoms with E-state index >= 15 is 0 Å². The molecule has 88 valence electrons. The summed E-state index contributed by atoms with van der Waals surface area (Å²) in [7, 11) is 1.73. The van der Waals surface area contributed by atoms with Crippen LogP contribution in [0, 0.1) is 0 Å². The average molecular weight is 216 g/mol. The second-order valence-electron chi connectivity index (χ2n) is 3.71. The van der Waals surface area contributed by atoms with Crippen LogP contribution in [0.5, 0.6) is 0 Å². The molecule has 0 aromatic carbocycles. The van der Waals surface area contributed by atoms with Gasteiger partial charge in [-0.15, -0.1) is 0 Å². The van der Waals surface area contributed by atoms with E-state index in [0.717, 1.165) is 26.1 Å². The van der Waals surface area contributed by atoms with Crippen LogP contribution in [0.4, 0.5) is 0 Å². The fourth-order valence-electron chi connectivity index (χ4n) is 1.62. The molecule has 15 heavy (non-hydrogen) atoms. The van der Waals surface area contributed by atoms with Crippen LogP contribution in [-0.2, 0) is 14.3 Å². The van der Waals surface area contributed by atoms with E-state index in [1.165, 1.54) is 0 Å². The molecule has 5 heteroatoms. The first-order chi connectivity index (χ1) is 7.24. The van der Waals surface area contributed by atoms with E-state index in [0.29, 0.717) is 13.0 Å². The standard InChI is InChI=1S/C10H20N2O3/c1-12-9(10(11)13)4-7-15-8-2-5-14-6-3-8/h8-9,12H,2-7H2,1H3,(H2,11,13). The molecule has 0 radical (unpaired) electrons. The Hall–Kier alpha value is -0.650. The van der Waals surface area contributed by atoms with E-state index < -0.39 is 0 Å². The Kier molecular flexibility index (Phi) is 5.60. The van der Waals surface area contributed by atoms with Crippen LogP contribution >= 0.6 is 0 Å². The summed E-state index contributed by atoms with van der Waals surface area (Å²) in [6, 6.07) is -0.287. The summed E-state index contributed by atoms with van der Waals surface area (Å²) in [5, 5.41) is 2.86. The Balaban J connectivity index is 2.11. The van der Waals surface area contributed by atoms with E-state index in [2.05, 4.69) is 5.32 Å². The monoisotopic (exact) mass is 216 g/mol. The molecule has 0 aliphatic carbocycles. The van der Waals surface area contributed by atoms with Crippen molar-refractivity contribution < 1.29 is 14.3 Å². The topological polar surface area (TPSA) is 73.6 Å². The summed E-state index contributed by atoms with van der Waals surface area (Å²) >= 11 is 0. The van der Waals surface area contributed by atoms with Gasteiger partial charge in [0.25, 0.3) is 0 Å². The molecule has 1 atom stereocenters. The lowest BCUT2D eigenvalue weighted by atomic mass is 10.1. The van der Waals surface area contributed by atoms with Crippen molar-refractivity contribution in [3.63, 3.8) is 0 Å². The molecule has 3 N–H and O–H groups in total. The Morgan fingerprint density at radius 2 is 2.27 bits per heavy atom. The van der Waals surface area contributed by atoms with Gasteiger partial charge in [-0.05, 0) is 26.3 Å². The average Bonchev–Trinajstić information content (AvgIpc) is 2.25. The Morgan fingerprint density at radius 1 is 1.60 bits per heavy atom. The number of nitrogens with two attached hydrogens (primary N) is 1. The Labute approximate surface area is 90.3 Å². The minimum atomic E-state index is -0.326. The molecule has 1 saturated heterocycles. The lowest BCUT2D eigenvalue weighted by molar-refractivity contribution is -0.120. The minimum Gasteiger partial charge on any atom is -0.381 e. The molecule has 0 bridgehead atoms. The number of amides is 1. The van der Waals surface area contributed by atoms with Crippen molar-refractivity contribution >= 4 is 5.91 Å². The lowest BCUT2D eigenvalue weighted by Crippen LogP contribution is -2.40. The number of primary amides is 1. The number of ether oxygens (including phenoxy) is 2. The highest BCUT2D eigenvalue weighted by atomic mass is 16.5. The van der Waals surface area contributed by atoms with Gasteiger partial charge in [-0.2, -0.15) is 0 Å². The first-order valence-electron chi connectivity index (χ1n) is 5.40. The van der Waals surface area contributed by atoms with E-state index in [4.69, 9.17) is 15.2 Å². The Bertz CT molecular complexity index is 193. The third-order valence-electron chi connectivity index (χ3n) is 2.62. The van der Waals surface area contributed by atoms with Crippen LogP contribution in [0.25, 0.3) is 0 Å². The predicted molar refractivity (Wildman–Crippen MR) is 56.5 cm³/mol. The molecule has 0 aromatic rings. The zero-order valence-electron chi connectivity index (χ0n) is 9.20. The second-order valence-corrected chi connectivity index (χ2v) is 3.71. The molecule has 1 aliphatic rings. The van der Waals surface area contributed by atoms with E-state index in [1.54, 1.807) is 7.05 Å². The SMILES string of the molecule is CNC(CCOC1CCOCC1)C(N)=O.